The van der Waals surface area contributed by atoms with Gasteiger partial charge in [-0.2, -0.15) is 13.2 Å². The van der Waals surface area contributed by atoms with Crippen LogP contribution in [0.25, 0.3) is 0 Å². The molecule has 0 saturated carbocycles. The van der Waals surface area contributed by atoms with Gasteiger partial charge in [-0.15, -0.1) is 0 Å². The molecule has 0 unspecified atom stereocenters. The van der Waals surface area contributed by atoms with Crippen LogP contribution in [0.1, 0.15) is 53.2 Å². The zero-order valence-corrected chi connectivity index (χ0v) is 16.6. The van der Waals surface area contributed by atoms with Crippen molar-refractivity contribution in [2.24, 2.45) is 0 Å². The normalized spacial score (nSPS) is 11.2. The van der Waals surface area contributed by atoms with Crippen LogP contribution in [0, 0.1) is 6.92 Å². The molecule has 2 rings (SSSR count). The van der Waals surface area contributed by atoms with Gasteiger partial charge in [-0.3, -0.25) is 10.1 Å². The van der Waals surface area contributed by atoms with Crippen LogP contribution in [0.5, 0.6) is 0 Å². The average molecular weight is 408 g/mol. The second kappa shape index (κ2) is 9.68. The van der Waals surface area contributed by atoms with Crippen LogP contribution in [0.3, 0.4) is 0 Å². The van der Waals surface area contributed by atoms with Gasteiger partial charge in [-0.1, -0.05) is 38.0 Å². The maximum atomic E-state index is 13.0. The van der Waals surface area contributed by atoms with E-state index < -0.39 is 17.6 Å². The number of nitrogens with one attached hydrogen (secondary N) is 2. The van der Waals surface area contributed by atoms with Gasteiger partial charge in [0.1, 0.15) is 0 Å². The molecule has 7 heteroatoms. The molecule has 0 spiro atoms. The predicted molar refractivity (Wildman–Crippen MR) is 110 cm³/mol. The van der Waals surface area contributed by atoms with Crippen LogP contribution < -0.4 is 10.6 Å². The zero-order chi connectivity index (χ0) is 20.7. The summed E-state index contributed by atoms with van der Waals surface area (Å²) in [6.07, 6.45) is -0.0271. The van der Waals surface area contributed by atoms with Crippen LogP contribution in [-0.2, 0) is 12.6 Å². The number of anilines is 1. The van der Waals surface area contributed by atoms with Crippen molar-refractivity contribution in [1.82, 2.24) is 5.32 Å². The molecule has 2 aromatic rings. The lowest BCUT2D eigenvalue weighted by Crippen LogP contribution is -2.34. The van der Waals surface area contributed by atoms with E-state index in [9.17, 15) is 18.0 Å². The Labute approximate surface area is 168 Å². The molecular formula is C21H23F3N2OS. The molecule has 0 aliphatic carbocycles. The third-order valence-corrected chi connectivity index (χ3v) is 4.52. The van der Waals surface area contributed by atoms with Crippen molar-refractivity contribution >= 4 is 28.9 Å². The molecular weight excluding hydrogens is 385 g/mol. The largest absolute Gasteiger partial charge is 0.416 e. The van der Waals surface area contributed by atoms with E-state index in [2.05, 4.69) is 17.6 Å². The molecule has 0 fully saturated rings. The Kier molecular flexibility index (Phi) is 7.57. The average Bonchev–Trinajstić information content (AvgIpc) is 2.62. The molecule has 150 valence electrons. The topological polar surface area (TPSA) is 41.1 Å². The molecule has 3 nitrogen and oxygen atoms in total. The minimum atomic E-state index is -4.52. The van der Waals surface area contributed by atoms with Crippen molar-refractivity contribution in [3.8, 4) is 0 Å². The Balaban J connectivity index is 1.97. The van der Waals surface area contributed by atoms with Gasteiger partial charge in [-0.25, -0.2) is 0 Å². The molecule has 0 saturated heterocycles. The van der Waals surface area contributed by atoms with E-state index in [-0.39, 0.29) is 16.2 Å². The Bertz CT molecular complexity index is 833. The molecule has 2 N–H and O–H groups in total. The summed E-state index contributed by atoms with van der Waals surface area (Å²) in [6.45, 7) is 3.51. The SMILES string of the molecule is CCCCCc1ccc(NC(=S)NC(=O)c2ccc(C)c(C(F)(F)F)c2)cc1. The first-order chi connectivity index (χ1) is 13.2. The molecule has 0 heterocycles. The number of hydrogen-bond donors (Lipinski definition) is 2. The first-order valence-corrected chi connectivity index (χ1v) is 9.50. The molecule has 0 aliphatic heterocycles. The maximum Gasteiger partial charge on any atom is 0.416 e. The summed E-state index contributed by atoms with van der Waals surface area (Å²) in [5, 5.41) is 5.31. The Morgan fingerprint density at radius 2 is 1.75 bits per heavy atom. The van der Waals surface area contributed by atoms with E-state index in [1.165, 1.54) is 37.5 Å². The summed E-state index contributed by atoms with van der Waals surface area (Å²) in [7, 11) is 0. The lowest BCUT2D eigenvalue weighted by Gasteiger charge is -2.13. The lowest BCUT2D eigenvalue weighted by molar-refractivity contribution is -0.138. The van der Waals surface area contributed by atoms with E-state index in [1.54, 1.807) is 0 Å². The molecule has 0 atom stereocenters. The van der Waals surface area contributed by atoms with Crippen LogP contribution >= 0.6 is 12.2 Å². The number of carbonyl (C=O) groups is 1. The quantitative estimate of drug-likeness (QED) is 0.464. The lowest BCUT2D eigenvalue weighted by atomic mass is 10.0. The number of amides is 1. The Morgan fingerprint density at radius 3 is 2.36 bits per heavy atom. The Hall–Kier alpha value is -2.41. The van der Waals surface area contributed by atoms with Crippen molar-refractivity contribution in [3.05, 3.63) is 64.7 Å². The standard InChI is InChI=1S/C21H23F3N2OS/c1-3-4-5-6-15-8-11-17(12-9-15)25-20(28)26-19(27)16-10-7-14(2)18(13-16)21(22,23)24/h7-13H,3-6H2,1-2H3,(H2,25,26,27,28). The molecule has 0 bridgehead atoms. The highest BCUT2D eigenvalue weighted by atomic mass is 32.1. The van der Waals surface area contributed by atoms with E-state index in [4.69, 9.17) is 12.2 Å². The van der Waals surface area contributed by atoms with Gasteiger partial charge in [0.05, 0.1) is 5.56 Å². The fourth-order valence-electron chi connectivity index (χ4n) is 2.74. The van der Waals surface area contributed by atoms with E-state index in [0.717, 1.165) is 18.9 Å². The van der Waals surface area contributed by atoms with Crippen LogP contribution in [0.4, 0.5) is 18.9 Å². The number of thiocarbonyl (C=S) groups is 1. The number of unbranched alkanes of at least 4 members (excludes halogenated alkanes) is 2. The summed E-state index contributed by atoms with van der Waals surface area (Å²) in [5.41, 5.74) is 1.03. The summed E-state index contributed by atoms with van der Waals surface area (Å²) in [6, 6.07) is 11.1. The second-order valence-electron chi connectivity index (χ2n) is 6.59. The van der Waals surface area contributed by atoms with Crippen LogP contribution in [0.2, 0.25) is 0 Å². The van der Waals surface area contributed by atoms with Gasteiger partial charge in [0.15, 0.2) is 5.11 Å². The van der Waals surface area contributed by atoms with Crippen LogP contribution in [0.15, 0.2) is 42.5 Å². The summed E-state index contributed by atoms with van der Waals surface area (Å²) in [4.78, 5) is 12.2. The molecule has 2 aromatic carbocycles. The number of hydrogen-bond acceptors (Lipinski definition) is 2. The third-order valence-electron chi connectivity index (χ3n) is 4.31. The van der Waals surface area contributed by atoms with Gasteiger partial charge in [0.25, 0.3) is 5.91 Å². The number of alkyl halides is 3. The molecule has 0 aromatic heterocycles. The third kappa shape index (κ3) is 6.34. The molecule has 0 aliphatic rings. The monoisotopic (exact) mass is 408 g/mol. The van der Waals surface area contributed by atoms with Gasteiger partial charge < -0.3 is 5.32 Å². The number of halogens is 3. The highest BCUT2D eigenvalue weighted by molar-refractivity contribution is 7.80. The van der Waals surface area contributed by atoms with Crippen molar-refractivity contribution in [2.75, 3.05) is 5.32 Å². The van der Waals surface area contributed by atoms with Crippen molar-refractivity contribution in [3.63, 3.8) is 0 Å². The predicted octanol–water partition coefficient (Wildman–Crippen LogP) is 5.87. The summed E-state index contributed by atoms with van der Waals surface area (Å²) in [5.74, 6) is -0.695. The van der Waals surface area contributed by atoms with Gasteiger partial charge in [0, 0.05) is 11.3 Å². The summed E-state index contributed by atoms with van der Waals surface area (Å²) < 4.78 is 39.0. The van der Waals surface area contributed by atoms with E-state index in [0.29, 0.717) is 5.69 Å². The van der Waals surface area contributed by atoms with Crippen molar-refractivity contribution in [2.45, 2.75) is 45.7 Å². The second-order valence-corrected chi connectivity index (χ2v) is 7.00. The fourth-order valence-corrected chi connectivity index (χ4v) is 2.95. The molecule has 28 heavy (non-hydrogen) atoms. The van der Waals surface area contributed by atoms with Gasteiger partial charge in [0.2, 0.25) is 0 Å². The van der Waals surface area contributed by atoms with E-state index in [1.807, 2.05) is 24.3 Å². The first kappa shape index (κ1) is 21.9. The number of benzene rings is 2. The van der Waals surface area contributed by atoms with E-state index >= 15 is 0 Å². The van der Waals surface area contributed by atoms with Gasteiger partial charge >= 0.3 is 6.18 Å². The van der Waals surface area contributed by atoms with Crippen LogP contribution in [-0.4, -0.2) is 11.0 Å². The Morgan fingerprint density at radius 1 is 1.07 bits per heavy atom. The smallest absolute Gasteiger partial charge is 0.332 e. The maximum absolute atomic E-state index is 13.0. The minimum Gasteiger partial charge on any atom is -0.332 e. The van der Waals surface area contributed by atoms with Gasteiger partial charge in [-0.05, 0) is 67.4 Å². The van der Waals surface area contributed by atoms with Crippen molar-refractivity contribution in [1.29, 1.82) is 0 Å². The summed E-state index contributed by atoms with van der Waals surface area (Å²) >= 11 is 5.10. The minimum absolute atomic E-state index is 0.0258. The molecule has 1 amide bonds. The number of aryl methyl sites for hydroxylation is 2. The number of rotatable bonds is 6. The molecule has 0 radical (unpaired) electrons. The van der Waals surface area contributed by atoms with Crippen molar-refractivity contribution < 1.29 is 18.0 Å². The zero-order valence-electron chi connectivity index (χ0n) is 15.8. The highest BCUT2D eigenvalue weighted by Gasteiger charge is 2.33. The highest BCUT2D eigenvalue weighted by Crippen LogP contribution is 2.32. The fraction of sp³-hybridized carbons (Fsp3) is 0.333. The number of carbonyl (C=O) groups excluding carboxylic acids is 1. The first-order valence-electron chi connectivity index (χ1n) is 9.10.